The minimum atomic E-state index is -3.77. The molecular weight excluding hydrogens is 535 g/mol. The van der Waals surface area contributed by atoms with Crippen LogP contribution in [0, 0.1) is 11.7 Å². The van der Waals surface area contributed by atoms with Gasteiger partial charge in [-0.05, 0) is 67.8 Å². The van der Waals surface area contributed by atoms with Crippen LogP contribution in [0.2, 0.25) is 0 Å². The maximum absolute atomic E-state index is 13.6. The molecule has 9 nitrogen and oxygen atoms in total. The molecule has 1 aromatic heterocycles. The summed E-state index contributed by atoms with van der Waals surface area (Å²) < 4.78 is 42.2. The fourth-order valence-electron chi connectivity index (χ4n) is 4.90. The summed E-state index contributed by atoms with van der Waals surface area (Å²) in [5.41, 5.74) is 1.18. The van der Waals surface area contributed by atoms with Crippen LogP contribution in [-0.2, 0) is 14.8 Å². The first-order chi connectivity index (χ1) is 19.1. The largest absolute Gasteiger partial charge is 0.451 e. The van der Waals surface area contributed by atoms with Crippen LogP contribution in [0.3, 0.4) is 0 Å². The number of anilines is 1. The minimum Gasteiger partial charge on any atom is -0.451 e. The zero-order valence-electron chi connectivity index (χ0n) is 22.4. The van der Waals surface area contributed by atoms with Crippen LogP contribution in [0.1, 0.15) is 56.0 Å². The van der Waals surface area contributed by atoms with Crippen molar-refractivity contribution in [2.24, 2.45) is 11.1 Å². The SMILES string of the molecule is C[C@@H](CNc1ccc(S(N)(=O)=O)cc1)NC(=O)[C@H](CC1CCCCC1)NC(=O)c1ccc(-c2cccc(F)c2)o1. The van der Waals surface area contributed by atoms with E-state index >= 15 is 0 Å². The molecule has 0 radical (unpaired) electrons. The highest BCUT2D eigenvalue weighted by atomic mass is 32.2. The van der Waals surface area contributed by atoms with Gasteiger partial charge in [-0.15, -0.1) is 0 Å². The van der Waals surface area contributed by atoms with E-state index < -0.39 is 27.8 Å². The van der Waals surface area contributed by atoms with E-state index in [0.717, 1.165) is 25.7 Å². The Labute approximate surface area is 233 Å². The number of carbonyl (C=O) groups is 2. The van der Waals surface area contributed by atoms with Crippen molar-refractivity contribution in [3.05, 3.63) is 72.2 Å². The van der Waals surface area contributed by atoms with Crippen LogP contribution in [-0.4, -0.2) is 38.9 Å². The fraction of sp³-hybridized carbons (Fsp3) is 0.379. The van der Waals surface area contributed by atoms with Crippen molar-refractivity contribution in [2.75, 3.05) is 11.9 Å². The van der Waals surface area contributed by atoms with Gasteiger partial charge in [0.05, 0.1) is 4.90 Å². The number of carbonyl (C=O) groups excluding carboxylic acids is 2. The quantitative estimate of drug-likeness (QED) is 0.269. The molecule has 1 aliphatic rings. The predicted molar refractivity (Wildman–Crippen MR) is 150 cm³/mol. The van der Waals surface area contributed by atoms with Crippen LogP contribution < -0.4 is 21.1 Å². The Morgan fingerprint density at radius 2 is 1.75 bits per heavy atom. The van der Waals surface area contributed by atoms with E-state index in [2.05, 4.69) is 16.0 Å². The Morgan fingerprint density at radius 3 is 2.42 bits per heavy atom. The Hall–Kier alpha value is -3.70. The molecule has 0 aliphatic heterocycles. The summed E-state index contributed by atoms with van der Waals surface area (Å²) >= 11 is 0. The highest BCUT2D eigenvalue weighted by molar-refractivity contribution is 7.89. The van der Waals surface area contributed by atoms with Gasteiger partial charge < -0.3 is 20.4 Å². The lowest BCUT2D eigenvalue weighted by atomic mass is 9.84. The third-order valence-electron chi connectivity index (χ3n) is 7.04. The third-order valence-corrected chi connectivity index (χ3v) is 7.97. The van der Waals surface area contributed by atoms with Gasteiger partial charge in [-0.2, -0.15) is 0 Å². The smallest absolute Gasteiger partial charge is 0.287 e. The number of rotatable bonds is 11. The highest BCUT2D eigenvalue weighted by Crippen LogP contribution is 2.28. The van der Waals surface area contributed by atoms with E-state index in [1.807, 2.05) is 6.92 Å². The van der Waals surface area contributed by atoms with E-state index in [1.165, 1.54) is 36.8 Å². The fourth-order valence-corrected chi connectivity index (χ4v) is 5.42. The van der Waals surface area contributed by atoms with E-state index in [1.54, 1.807) is 30.3 Å². The van der Waals surface area contributed by atoms with Crippen molar-refractivity contribution in [3.63, 3.8) is 0 Å². The lowest BCUT2D eigenvalue weighted by Crippen LogP contribution is -2.51. The zero-order valence-corrected chi connectivity index (χ0v) is 23.2. The molecule has 1 saturated carbocycles. The van der Waals surface area contributed by atoms with E-state index in [0.29, 0.717) is 35.9 Å². The van der Waals surface area contributed by atoms with Gasteiger partial charge in [0.1, 0.15) is 17.6 Å². The molecule has 0 bridgehead atoms. The van der Waals surface area contributed by atoms with Crippen LogP contribution in [0.4, 0.5) is 10.1 Å². The predicted octanol–water partition coefficient (Wildman–Crippen LogP) is 4.42. The molecule has 214 valence electrons. The van der Waals surface area contributed by atoms with Gasteiger partial charge in [-0.1, -0.05) is 44.2 Å². The molecule has 3 aromatic rings. The maximum atomic E-state index is 13.6. The lowest BCUT2D eigenvalue weighted by molar-refractivity contribution is -0.124. The number of halogens is 1. The Bertz CT molecular complexity index is 1420. The second-order valence-corrected chi connectivity index (χ2v) is 11.9. The number of furan rings is 1. The van der Waals surface area contributed by atoms with E-state index in [4.69, 9.17) is 9.56 Å². The van der Waals surface area contributed by atoms with Crippen LogP contribution >= 0.6 is 0 Å². The summed E-state index contributed by atoms with van der Waals surface area (Å²) in [5.74, 6) is -0.495. The van der Waals surface area contributed by atoms with Crippen molar-refractivity contribution in [2.45, 2.75) is 62.4 Å². The summed E-state index contributed by atoms with van der Waals surface area (Å²) in [6.07, 6.45) is 5.92. The molecule has 11 heteroatoms. The van der Waals surface area contributed by atoms with E-state index in [9.17, 15) is 22.4 Å². The molecule has 5 N–H and O–H groups in total. The average Bonchev–Trinajstić information content (AvgIpc) is 3.43. The molecule has 0 saturated heterocycles. The molecule has 4 rings (SSSR count). The van der Waals surface area contributed by atoms with Gasteiger partial charge >= 0.3 is 0 Å². The van der Waals surface area contributed by atoms with Crippen LogP contribution in [0.5, 0.6) is 0 Å². The number of nitrogens with one attached hydrogen (secondary N) is 3. The molecule has 2 atom stereocenters. The van der Waals surface area contributed by atoms with Gasteiger partial charge in [0, 0.05) is 23.8 Å². The molecule has 2 aromatic carbocycles. The summed E-state index contributed by atoms with van der Waals surface area (Å²) in [4.78, 5) is 26.4. The number of nitrogens with two attached hydrogens (primary N) is 1. The van der Waals surface area contributed by atoms with E-state index in [-0.39, 0.29) is 22.6 Å². The number of hydrogen-bond acceptors (Lipinski definition) is 6. The van der Waals surface area contributed by atoms with Gasteiger partial charge in [0.2, 0.25) is 15.9 Å². The summed E-state index contributed by atoms with van der Waals surface area (Å²) in [5, 5.41) is 14.1. The molecule has 0 unspecified atom stereocenters. The standard InChI is InChI=1S/C29H35FN4O5S/c1-19(18-32-23-10-12-24(13-11-23)40(31,37)38)33-28(35)25(16-20-6-3-2-4-7-20)34-29(36)27-15-14-26(39-27)21-8-5-9-22(30)17-21/h5,8-15,17,19-20,25,32H,2-4,6-7,16,18H2,1H3,(H,33,35)(H,34,36)(H2,31,37,38)/t19-,25-/m0/s1. The minimum absolute atomic E-state index is 0.0142. The molecule has 1 aliphatic carbocycles. The molecular formula is C29H35FN4O5S. The normalized spacial score (nSPS) is 15.7. The zero-order chi connectivity index (χ0) is 28.7. The van der Waals surface area contributed by atoms with Crippen molar-refractivity contribution in [1.82, 2.24) is 10.6 Å². The van der Waals surface area contributed by atoms with Gasteiger partial charge in [-0.3, -0.25) is 9.59 Å². The maximum Gasteiger partial charge on any atom is 0.287 e. The van der Waals surface area contributed by atoms with Crippen molar-refractivity contribution >= 4 is 27.5 Å². The first kappa shape index (κ1) is 29.3. The first-order valence-electron chi connectivity index (χ1n) is 13.4. The van der Waals surface area contributed by atoms with Crippen LogP contribution in [0.25, 0.3) is 11.3 Å². The molecule has 0 spiro atoms. The summed E-state index contributed by atoms with van der Waals surface area (Å²) in [7, 11) is -3.77. The monoisotopic (exact) mass is 570 g/mol. The molecule has 1 fully saturated rings. The second kappa shape index (κ2) is 13.1. The Balaban J connectivity index is 1.38. The Kier molecular flexibility index (Phi) is 9.59. The Morgan fingerprint density at radius 1 is 1.02 bits per heavy atom. The third kappa shape index (κ3) is 8.15. The second-order valence-electron chi connectivity index (χ2n) is 10.3. The molecule has 2 amide bonds. The van der Waals surface area contributed by atoms with Gasteiger partial charge in [-0.25, -0.2) is 17.9 Å². The number of hydrogen-bond donors (Lipinski definition) is 4. The van der Waals surface area contributed by atoms with Crippen molar-refractivity contribution in [3.8, 4) is 11.3 Å². The summed E-state index contributed by atoms with van der Waals surface area (Å²) in [6.45, 7) is 2.21. The summed E-state index contributed by atoms with van der Waals surface area (Å²) in [6, 6.07) is 14.0. The average molecular weight is 571 g/mol. The van der Waals surface area contributed by atoms with Gasteiger partial charge in [0.15, 0.2) is 5.76 Å². The first-order valence-corrected chi connectivity index (χ1v) is 15.0. The molecule has 1 heterocycles. The van der Waals surface area contributed by atoms with Crippen molar-refractivity contribution in [1.29, 1.82) is 0 Å². The van der Waals surface area contributed by atoms with Crippen LogP contribution in [0.15, 0.2) is 70.0 Å². The van der Waals surface area contributed by atoms with Crippen molar-refractivity contribution < 1.29 is 26.8 Å². The number of primary sulfonamides is 1. The number of benzene rings is 2. The highest BCUT2D eigenvalue weighted by Gasteiger charge is 2.28. The van der Waals surface area contributed by atoms with Gasteiger partial charge in [0.25, 0.3) is 5.91 Å². The number of sulfonamides is 1. The topological polar surface area (TPSA) is 144 Å². The lowest BCUT2D eigenvalue weighted by Gasteiger charge is -2.27. The number of amides is 2. The molecule has 40 heavy (non-hydrogen) atoms.